The highest BCUT2D eigenvalue weighted by Crippen LogP contribution is 2.32. The molecule has 1 aliphatic heterocycles. The second-order valence-electron chi connectivity index (χ2n) is 7.62. The highest BCUT2D eigenvalue weighted by Gasteiger charge is 2.31. The van der Waals surface area contributed by atoms with Gasteiger partial charge in [0.25, 0.3) is 5.91 Å². The molecule has 1 amide bonds. The summed E-state index contributed by atoms with van der Waals surface area (Å²) in [6.07, 6.45) is 0. The second-order valence-corrected chi connectivity index (χ2v) is 9.75. The summed E-state index contributed by atoms with van der Waals surface area (Å²) in [7, 11) is -4.07. The Morgan fingerprint density at radius 3 is 2.48 bits per heavy atom. The fourth-order valence-electron chi connectivity index (χ4n) is 3.00. The molecule has 11 heteroatoms. The Hall–Kier alpha value is -2.82. The molecule has 2 aromatic rings. The van der Waals surface area contributed by atoms with Crippen LogP contribution >= 0.6 is 11.6 Å². The van der Waals surface area contributed by atoms with Crippen molar-refractivity contribution in [3.8, 4) is 11.5 Å². The maximum absolute atomic E-state index is 12.9. The monoisotopic (exact) mass is 496 g/mol. The molecule has 0 spiro atoms. The molecule has 178 valence electrons. The van der Waals surface area contributed by atoms with Gasteiger partial charge in [-0.25, -0.2) is 8.42 Å². The lowest BCUT2D eigenvalue weighted by atomic mass is 10.1. The van der Waals surface area contributed by atoms with Crippen LogP contribution in [0.2, 0.25) is 5.02 Å². The normalized spacial score (nSPS) is 13.9. The average molecular weight is 497 g/mol. The fourth-order valence-corrected chi connectivity index (χ4v) is 4.55. The third kappa shape index (κ3) is 6.59. The number of esters is 1. The predicted octanol–water partition coefficient (Wildman–Crippen LogP) is 2.27. The van der Waals surface area contributed by atoms with Gasteiger partial charge in [-0.3, -0.25) is 9.59 Å². The SMILES string of the molecule is CC(C)[C@H](NS(=O)(=O)c1ccc2c(c1)OCCO2)C(=O)OCC(=O)NCc1ccccc1Cl. The molecule has 1 atom stereocenters. The van der Waals surface area contributed by atoms with E-state index < -0.39 is 40.5 Å². The number of benzene rings is 2. The first-order valence-corrected chi connectivity index (χ1v) is 12.1. The smallest absolute Gasteiger partial charge is 0.324 e. The van der Waals surface area contributed by atoms with E-state index in [4.69, 9.17) is 25.8 Å². The van der Waals surface area contributed by atoms with Gasteiger partial charge in [0.2, 0.25) is 10.0 Å². The molecule has 0 aromatic heterocycles. The van der Waals surface area contributed by atoms with E-state index >= 15 is 0 Å². The number of halogens is 1. The topological polar surface area (TPSA) is 120 Å². The molecule has 2 aromatic carbocycles. The lowest BCUT2D eigenvalue weighted by molar-refractivity contribution is -0.151. The highest BCUT2D eigenvalue weighted by atomic mass is 35.5. The Labute approximate surface area is 197 Å². The first-order valence-electron chi connectivity index (χ1n) is 10.3. The van der Waals surface area contributed by atoms with Gasteiger partial charge in [-0.15, -0.1) is 0 Å². The van der Waals surface area contributed by atoms with Crippen molar-refractivity contribution in [2.24, 2.45) is 5.92 Å². The first-order chi connectivity index (χ1) is 15.7. The van der Waals surface area contributed by atoms with Gasteiger partial charge < -0.3 is 19.5 Å². The molecule has 0 fully saturated rings. The number of hydrogen-bond acceptors (Lipinski definition) is 7. The molecule has 33 heavy (non-hydrogen) atoms. The molecule has 0 aliphatic carbocycles. The summed E-state index contributed by atoms with van der Waals surface area (Å²) in [6.45, 7) is 3.62. The Morgan fingerprint density at radius 1 is 1.09 bits per heavy atom. The van der Waals surface area contributed by atoms with E-state index in [1.54, 1.807) is 38.1 Å². The van der Waals surface area contributed by atoms with Crippen LogP contribution in [0.25, 0.3) is 0 Å². The van der Waals surface area contributed by atoms with E-state index in [2.05, 4.69) is 10.0 Å². The number of fused-ring (bicyclic) bond motifs is 1. The molecule has 1 aliphatic rings. The third-order valence-electron chi connectivity index (χ3n) is 4.81. The molecular weight excluding hydrogens is 472 g/mol. The summed E-state index contributed by atoms with van der Waals surface area (Å²) >= 11 is 6.05. The first kappa shape index (κ1) is 24.8. The number of sulfonamides is 1. The number of amides is 1. The van der Waals surface area contributed by atoms with E-state index in [1.807, 2.05) is 0 Å². The molecule has 1 heterocycles. The Balaban J connectivity index is 1.59. The number of ether oxygens (including phenoxy) is 3. The van der Waals surface area contributed by atoms with Crippen LogP contribution in [0.3, 0.4) is 0 Å². The largest absolute Gasteiger partial charge is 0.486 e. The molecule has 9 nitrogen and oxygen atoms in total. The van der Waals surface area contributed by atoms with Gasteiger partial charge in [-0.1, -0.05) is 43.6 Å². The van der Waals surface area contributed by atoms with Crippen molar-refractivity contribution >= 4 is 33.5 Å². The van der Waals surface area contributed by atoms with Crippen molar-refractivity contribution in [1.29, 1.82) is 0 Å². The summed E-state index contributed by atoms with van der Waals surface area (Å²) < 4.78 is 44.0. The molecule has 2 N–H and O–H groups in total. The lowest BCUT2D eigenvalue weighted by Gasteiger charge is -2.22. The molecular formula is C22H25ClN2O7S. The van der Waals surface area contributed by atoms with Crippen molar-refractivity contribution in [2.45, 2.75) is 31.3 Å². The third-order valence-corrected chi connectivity index (χ3v) is 6.61. The second kappa shape index (κ2) is 10.9. The van der Waals surface area contributed by atoms with Crippen LogP contribution in [-0.2, 0) is 30.9 Å². The number of nitrogens with one attached hydrogen (secondary N) is 2. The van der Waals surface area contributed by atoms with E-state index in [0.717, 1.165) is 0 Å². The van der Waals surface area contributed by atoms with Gasteiger partial charge in [0.05, 0.1) is 4.90 Å². The Morgan fingerprint density at radius 2 is 1.79 bits per heavy atom. The van der Waals surface area contributed by atoms with E-state index in [-0.39, 0.29) is 11.4 Å². The lowest BCUT2D eigenvalue weighted by Crippen LogP contribution is -2.46. The standard InChI is InChI=1S/C22H25ClN2O7S/c1-14(2)21(22(27)32-13-20(26)24-12-15-5-3-4-6-17(15)23)25-33(28,29)16-7-8-18-19(11-16)31-10-9-30-18/h3-8,11,14,21,25H,9-10,12-13H2,1-2H3,(H,24,26)/t21-/m0/s1. The maximum Gasteiger partial charge on any atom is 0.324 e. The van der Waals surface area contributed by atoms with Crippen molar-refractivity contribution in [2.75, 3.05) is 19.8 Å². The van der Waals surface area contributed by atoms with E-state index in [9.17, 15) is 18.0 Å². The fraction of sp³-hybridized carbons (Fsp3) is 0.364. The zero-order valence-corrected chi connectivity index (χ0v) is 19.7. The molecule has 0 saturated heterocycles. The van der Waals surface area contributed by atoms with Crippen molar-refractivity contribution in [3.05, 3.63) is 53.1 Å². The molecule has 3 rings (SSSR count). The summed E-state index contributed by atoms with van der Waals surface area (Å²) in [6, 6.07) is 10.0. The number of carbonyl (C=O) groups excluding carboxylic acids is 2. The van der Waals surface area contributed by atoms with Crippen LogP contribution in [0, 0.1) is 5.92 Å². The van der Waals surface area contributed by atoms with Crippen molar-refractivity contribution < 1.29 is 32.2 Å². The Kier molecular flexibility index (Phi) is 8.17. The van der Waals surface area contributed by atoms with Crippen molar-refractivity contribution in [1.82, 2.24) is 10.0 Å². The zero-order valence-electron chi connectivity index (χ0n) is 18.2. The van der Waals surface area contributed by atoms with Crippen molar-refractivity contribution in [3.63, 3.8) is 0 Å². The number of rotatable bonds is 9. The van der Waals surface area contributed by atoms with Crippen LogP contribution in [0.15, 0.2) is 47.4 Å². The van der Waals surface area contributed by atoms with Gasteiger partial charge in [0, 0.05) is 17.6 Å². The van der Waals surface area contributed by atoms with Crippen LogP contribution in [0.1, 0.15) is 19.4 Å². The highest BCUT2D eigenvalue weighted by molar-refractivity contribution is 7.89. The minimum absolute atomic E-state index is 0.0808. The van der Waals surface area contributed by atoms with Crippen LogP contribution in [0.5, 0.6) is 11.5 Å². The van der Waals surface area contributed by atoms with Gasteiger partial charge in [0.1, 0.15) is 19.3 Å². The molecule has 0 unspecified atom stereocenters. The molecule has 0 radical (unpaired) electrons. The van der Waals surface area contributed by atoms with Gasteiger partial charge >= 0.3 is 5.97 Å². The summed E-state index contributed by atoms with van der Waals surface area (Å²) in [5.74, 6) is -1.08. The Bertz CT molecular complexity index is 1120. The van der Waals surface area contributed by atoms with Crippen LogP contribution in [-0.4, -0.2) is 46.2 Å². The van der Waals surface area contributed by atoms with Gasteiger partial charge in [-0.2, -0.15) is 4.72 Å². The number of hydrogen-bond donors (Lipinski definition) is 2. The van der Waals surface area contributed by atoms with Crippen LogP contribution in [0.4, 0.5) is 0 Å². The summed E-state index contributed by atoms with van der Waals surface area (Å²) in [5.41, 5.74) is 0.714. The quantitative estimate of drug-likeness (QED) is 0.511. The van der Waals surface area contributed by atoms with Gasteiger partial charge in [-0.05, 0) is 29.7 Å². The summed E-state index contributed by atoms with van der Waals surface area (Å²) in [4.78, 5) is 24.6. The van der Waals surface area contributed by atoms with E-state index in [1.165, 1.54) is 18.2 Å². The maximum atomic E-state index is 12.9. The predicted molar refractivity (Wildman–Crippen MR) is 121 cm³/mol. The summed E-state index contributed by atoms with van der Waals surface area (Å²) in [5, 5.41) is 3.10. The average Bonchev–Trinajstić information content (AvgIpc) is 2.80. The zero-order chi connectivity index (χ0) is 24.0. The minimum Gasteiger partial charge on any atom is -0.486 e. The van der Waals surface area contributed by atoms with Gasteiger partial charge in [0.15, 0.2) is 18.1 Å². The van der Waals surface area contributed by atoms with E-state index in [0.29, 0.717) is 35.3 Å². The minimum atomic E-state index is -4.07. The number of carbonyl (C=O) groups is 2. The molecule has 0 bridgehead atoms. The van der Waals surface area contributed by atoms with Crippen LogP contribution < -0.4 is 19.5 Å². The molecule has 0 saturated carbocycles.